The van der Waals surface area contributed by atoms with Gasteiger partial charge in [0.05, 0.1) is 7.11 Å². The van der Waals surface area contributed by atoms with E-state index in [-0.39, 0.29) is 12.3 Å². The first-order valence-electron chi connectivity index (χ1n) is 7.64. The highest BCUT2D eigenvalue weighted by Crippen LogP contribution is 2.10. The van der Waals surface area contributed by atoms with Gasteiger partial charge in [-0.25, -0.2) is 9.86 Å². The van der Waals surface area contributed by atoms with Gasteiger partial charge in [-0.15, -0.1) is 0 Å². The van der Waals surface area contributed by atoms with Crippen LogP contribution in [0.1, 0.15) is 32.0 Å². The summed E-state index contributed by atoms with van der Waals surface area (Å²) in [5.41, 5.74) is 5.70. The van der Waals surface area contributed by atoms with E-state index in [4.69, 9.17) is 20.7 Å². The summed E-state index contributed by atoms with van der Waals surface area (Å²) in [6, 6.07) is 2.37. The van der Waals surface area contributed by atoms with E-state index in [9.17, 15) is 9.59 Å². The molecule has 0 bridgehead atoms. The molecule has 25 heavy (non-hydrogen) atoms. The fourth-order valence-corrected chi connectivity index (χ4v) is 1.90. The zero-order valence-electron chi connectivity index (χ0n) is 15.1. The van der Waals surface area contributed by atoms with Gasteiger partial charge in [-0.05, 0) is 32.4 Å². The van der Waals surface area contributed by atoms with Crippen LogP contribution >= 0.6 is 0 Å². The minimum atomic E-state index is -0.898. The number of nitrogens with one attached hydrogen (secondary N) is 2. The van der Waals surface area contributed by atoms with E-state index < -0.39 is 23.6 Å². The van der Waals surface area contributed by atoms with E-state index >= 15 is 0 Å². The zero-order chi connectivity index (χ0) is 19.2. The van der Waals surface area contributed by atoms with Gasteiger partial charge in [0.1, 0.15) is 23.2 Å². The van der Waals surface area contributed by atoms with E-state index in [1.165, 1.54) is 20.4 Å². The van der Waals surface area contributed by atoms with Crippen molar-refractivity contribution in [2.45, 2.75) is 38.8 Å². The maximum Gasteiger partial charge on any atom is 0.408 e. The molecule has 0 aliphatic carbocycles. The van der Waals surface area contributed by atoms with Gasteiger partial charge in [-0.3, -0.25) is 20.0 Å². The van der Waals surface area contributed by atoms with Crippen molar-refractivity contribution >= 4 is 17.8 Å². The molecule has 0 fully saturated rings. The highest BCUT2D eigenvalue weighted by atomic mass is 16.7. The van der Waals surface area contributed by atoms with Crippen molar-refractivity contribution in [2.24, 2.45) is 5.73 Å². The second-order valence-electron chi connectivity index (χ2n) is 6.39. The number of carbonyl (C=O) groups excluding carboxylic acids is 2. The third-order valence-electron chi connectivity index (χ3n) is 3.11. The van der Waals surface area contributed by atoms with Crippen LogP contribution in [0.4, 0.5) is 4.79 Å². The van der Waals surface area contributed by atoms with Crippen molar-refractivity contribution in [1.29, 1.82) is 5.41 Å². The molecule has 0 saturated heterocycles. The molecule has 138 valence electrons. The molecule has 9 heteroatoms. The minimum absolute atomic E-state index is 0.148. The van der Waals surface area contributed by atoms with Crippen molar-refractivity contribution in [2.75, 3.05) is 14.2 Å². The first-order valence-corrected chi connectivity index (χ1v) is 7.64. The molecule has 9 nitrogen and oxygen atoms in total. The lowest BCUT2D eigenvalue weighted by atomic mass is 10.1. The number of ether oxygens (including phenoxy) is 1. The Balaban J connectivity index is 2.92. The van der Waals surface area contributed by atoms with Gasteiger partial charge in [-0.2, -0.15) is 0 Å². The monoisotopic (exact) mass is 351 g/mol. The van der Waals surface area contributed by atoms with Crippen LogP contribution < -0.4 is 11.1 Å². The summed E-state index contributed by atoms with van der Waals surface area (Å²) in [7, 11) is 2.80. The number of hydrogen-bond donors (Lipinski definition) is 3. The van der Waals surface area contributed by atoms with Gasteiger partial charge >= 0.3 is 6.09 Å². The average Bonchev–Trinajstić information content (AvgIpc) is 2.51. The second kappa shape index (κ2) is 8.43. The Morgan fingerprint density at radius 3 is 2.48 bits per heavy atom. The van der Waals surface area contributed by atoms with Crippen molar-refractivity contribution in [1.82, 2.24) is 15.4 Å². The number of carbonyl (C=O) groups is 2. The van der Waals surface area contributed by atoms with Crippen molar-refractivity contribution < 1.29 is 19.2 Å². The Kier molecular flexibility index (Phi) is 6.86. The Hall–Kier alpha value is -2.68. The topological polar surface area (TPSA) is 131 Å². The third kappa shape index (κ3) is 6.76. The molecule has 0 radical (unpaired) electrons. The van der Waals surface area contributed by atoms with Crippen molar-refractivity contribution in [3.8, 4) is 0 Å². The number of alkyl carbamates (subject to hydrolysis) is 1. The summed E-state index contributed by atoms with van der Waals surface area (Å²) in [5.74, 6) is -0.589. The molecule has 1 atom stereocenters. The van der Waals surface area contributed by atoms with Gasteiger partial charge in [0, 0.05) is 19.7 Å². The summed E-state index contributed by atoms with van der Waals surface area (Å²) in [4.78, 5) is 33.4. The highest BCUT2D eigenvalue weighted by Gasteiger charge is 2.27. The Morgan fingerprint density at radius 1 is 1.40 bits per heavy atom. The van der Waals surface area contributed by atoms with Gasteiger partial charge in [-0.1, -0.05) is 6.07 Å². The molecule has 2 amide bonds. The Bertz CT molecular complexity index is 624. The molecular formula is C16H25N5O4. The van der Waals surface area contributed by atoms with Crippen molar-refractivity contribution in [3.05, 3.63) is 29.6 Å². The molecule has 1 heterocycles. The number of aromatic nitrogens is 1. The van der Waals surface area contributed by atoms with Gasteiger partial charge in [0.2, 0.25) is 0 Å². The average molecular weight is 351 g/mol. The normalized spacial score (nSPS) is 12.2. The first kappa shape index (κ1) is 20.4. The van der Waals surface area contributed by atoms with Crippen LogP contribution in [0.2, 0.25) is 0 Å². The number of likely N-dealkylation sites (N-methyl/N-ethyl adjacent to an activating group) is 1. The van der Waals surface area contributed by atoms with Crippen LogP contribution in [0.25, 0.3) is 0 Å². The molecule has 1 aromatic heterocycles. The van der Waals surface area contributed by atoms with Crippen molar-refractivity contribution in [3.63, 3.8) is 0 Å². The van der Waals surface area contributed by atoms with Crippen LogP contribution in [0, 0.1) is 5.41 Å². The quantitative estimate of drug-likeness (QED) is 0.395. The molecule has 0 aromatic carbocycles. The van der Waals surface area contributed by atoms with Gasteiger partial charge in [0.15, 0.2) is 0 Å². The van der Waals surface area contributed by atoms with Gasteiger partial charge in [0.25, 0.3) is 5.91 Å². The van der Waals surface area contributed by atoms with Crippen LogP contribution in [0.5, 0.6) is 0 Å². The predicted molar refractivity (Wildman–Crippen MR) is 91.9 cm³/mol. The van der Waals surface area contributed by atoms with E-state index in [0.717, 1.165) is 5.06 Å². The van der Waals surface area contributed by atoms with Crippen LogP contribution in [0.3, 0.4) is 0 Å². The third-order valence-corrected chi connectivity index (χ3v) is 3.11. The Morgan fingerprint density at radius 2 is 2.04 bits per heavy atom. The van der Waals surface area contributed by atoms with E-state index in [1.807, 2.05) is 0 Å². The summed E-state index contributed by atoms with van der Waals surface area (Å²) >= 11 is 0. The summed E-state index contributed by atoms with van der Waals surface area (Å²) in [6.45, 7) is 5.19. The standard InChI is InChI=1S/C16H25N5O4/c1-16(2,3)25-15(23)20-12(14(22)21(4)24-5)8-10-6-7-11(13(17)18)19-9-10/h6-7,9,12H,8H2,1-5H3,(H3,17,18)(H,20,23)/t12-/m0/s1. The molecular weight excluding hydrogens is 326 g/mol. The molecule has 0 spiro atoms. The molecule has 0 saturated carbocycles. The maximum atomic E-state index is 12.4. The molecule has 0 aliphatic rings. The van der Waals surface area contributed by atoms with E-state index in [1.54, 1.807) is 32.9 Å². The molecule has 4 N–H and O–H groups in total. The highest BCUT2D eigenvalue weighted by molar-refractivity contribution is 5.92. The predicted octanol–water partition coefficient (Wildman–Crippen LogP) is 0.821. The van der Waals surface area contributed by atoms with Crippen LogP contribution in [-0.2, 0) is 20.8 Å². The zero-order valence-corrected chi connectivity index (χ0v) is 15.1. The molecule has 1 rings (SSSR count). The number of hydrogen-bond acceptors (Lipinski definition) is 6. The molecule has 0 unspecified atom stereocenters. The molecule has 1 aromatic rings. The maximum absolute atomic E-state index is 12.4. The second-order valence-corrected chi connectivity index (χ2v) is 6.39. The number of nitrogens with two attached hydrogens (primary N) is 1. The fraction of sp³-hybridized carbons (Fsp3) is 0.500. The lowest BCUT2D eigenvalue weighted by Crippen LogP contribution is -2.49. The molecule has 0 aliphatic heterocycles. The number of nitrogen functional groups attached to an aromatic ring is 1. The fourth-order valence-electron chi connectivity index (χ4n) is 1.90. The Labute approximate surface area is 147 Å². The number of pyridine rings is 1. The smallest absolute Gasteiger partial charge is 0.408 e. The lowest BCUT2D eigenvalue weighted by Gasteiger charge is -2.25. The number of amidine groups is 1. The number of nitrogens with zero attached hydrogens (tertiary/aromatic N) is 2. The van der Waals surface area contributed by atoms with E-state index in [2.05, 4.69) is 10.3 Å². The van der Waals surface area contributed by atoms with Gasteiger partial charge < -0.3 is 15.8 Å². The van der Waals surface area contributed by atoms with Crippen LogP contribution in [0.15, 0.2) is 18.3 Å². The van der Waals surface area contributed by atoms with Crippen LogP contribution in [-0.4, -0.2) is 53.7 Å². The van der Waals surface area contributed by atoms with E-state index in [0.29, 0.717) is 11.3 Å². The summed E-state index contributed by atoms with van der Waals surface area (Å²) in [6.07, 6.45) is 0.973. The number of rotatable bonds is 6. The largest absolute Gasteiger partial charge is 0.444 e. The summed E-state index contributed by atoms with van der Waals surface area (Å²) < 4.78 is 5.20. The summed E-state index contributed by atoms with van der Waals surface area (Å²) in [5, 5.41) is 10.9. The minimum Gasteiger partial charge on any atom is -0.444 e. The SMILES string of the molecule is CON(C)C(=O)[C@H](Cc1ccc(C(=N)N)nc1)NC(=O)OC(C)(C)C. The number of hydroxylamine groups is 2. The first-order chi connectivity index (χ1) is 11.5. The number of amides is 2. The lowest BCUT2D eigenvalue weighted by molar-refractivity contribution is -0.171.